The summed E-state index contributed by atoms with van der Waals surface area (Å²) in [7, 11) is 0. The van der Waals surface area contributed by atoms with E-state index < -0.39 is 5.97 Å². The molecule has 0 spiro atoms. The van der Waals surface area contributed by atoms with Gasteiger partial charge in [-0.15, -0.1) is 0 Å². The summed E-state index contributed by atoms with van der Waals surface area (Å²) in [6.07, 6.45) is 1.52. The van der Waals surface area contributed by atoms with Crippen molar-refractivity contribution in [1.29, 1.82) is 0 Å². The molecule has 0 radical (unpaired) electrons. The second-order valence-electron chi connectivity index (χ2n) is 3.94. The molecular formula is C13H9ClINO3. The van der Waals surface area contributed by atoms with Crippen molar-refractivity contribution in [2.24, 2.45) is 0 Å². The molecule has 1 N–H and O–H groups in total. The van der Waals surface area contributed by atoms with Crippen LogP contribution in [-0.4, -0.2) is 21.4 Å². The van der Waals surface area contributed by atoms with Crippen LogP contribution in [0.15, 0.2) is 30.5 Å². The topological polar surface area (TPSA) is 59.3 Å². The fourth-order valence-electron chi connectivity index (χ4n) is 1.70. The van der Waals surface area contributed by atoms with Crippen molar-refractivity contribution < 1.29 is 14.7 Å². The lowest BCUT2D eigenvalue weighted by Gasteiger charge is -2.08. The van der Waals surface area contributed by atoms with Crippen LogP contribution in [0, 0.1) is 3.57 Å². The number of benzene rings is 1. The van der Waals surface area contributed by atoms with Crippen LogP contribution in [0.1, 0.15) is 27.8 Å². The van der Waals surface area contributed by atoms with Crippen molar-refractivity contribution in [2.75, 3.05) is 0 Å². The Morgan fingerprint density at radius 3 is 2.53 bits per heavy atom. The van der Waals surface area contributed by atoms with Crippen molar-refractivity contribution in [3.05, 3.63) is 50.3 Å². The summed E-state index contributed by atoms with van der Waals surface area (Å²) in [4.78, 5) is 22.6. The van der Waals surface area contributed by atoms with E-state index in [4.69, 9.17) is 11.6 Å². The molecule has 0 aliphatic rings. The minimum Gasteiger partial charge on any atom is -0.477 e. The third-order valence-corrected chi connectivity index (χ3v) is 3.71. The molecule has 98 valence electrons. The third kappa shape index (κ3) is 2.82. The van der Waals surface area contributed by atoms with E-state index in [0.717, 1.165) is 3.57 Å². The molecule has 0 atom stereocenters. The van der Waals surface area contributed by atoms with E-state index in [0.29, 0.717) is 16.3 Å². The molecule has 0 amide bonds. The fraction of sp³-hybridized carbons (Fsp3) is 0.0769. The van der Waals surface area contributed by atoms with E-state index >= 15 is 0 Å². The fourth-order valence-corrected chi connectivity index (χ4v) is 2.83. The molecule has 0 fully saturated rings. The van der Waals surface area contributed by atoms with Crippen molar-refractivity contribution in [1.82, 2.24) is 4.57 Å². The van der Waals surface area contributed by atoms with Gasteiger partial charge in [0.15, 0.2) is 5.78 Å². The van der Waals surface area contributed by atoms with E-state index in [-0.39, 0.29) is 11.5 Å². The van der Waals surface area contributed by atoms with Crippen LogP contribution in [-0.2, 0) is 0 Å². The number of aromatic carboxylic acids is 1. The SMILES string of the molecule is CC(=O)c1cc(C(=O)O)n(-c2ccc(Cl)cc2I)c1. The second kappa shape index (κ2) is 5.34. The summed E-state index contributed by atoms with van der Waals surface area (Å²) >= 11 is 7.95. The molecule has 1 heterocycles. The average molecular weight is 390 g/mol. The maximum Gasteiger partial charge on any atom is 0.352 e. The Hall–Kier alpha value is -1.34. The second-order valence-corrected chi connectivity index (χ2v) is 5.54. The van der Waals surface area contributed by atoms with Crippen molar-refractivity contribution in [3.8, 4) is 5.69 Å². The van der Waals surface area contributed by atoms with Gasteiger partial charge in [0.05, 0.1) is 5.69 Å². The quantitative estimate of drug-likeness (QED) is 0.644. The van der Waals surface area contributed by atoms with Crippen molar-refractivity contribution >= 4 is 45.9 Å². The maximum atomic E-state index is 11.4. The summed E-state index contributed by atoms with van der Waals surface area (Å²) in [5, 5.41) is 9.78. The van der Waals surface area contributed by atoms with Gasteiger partial charge in [0.1, 0.15) is 5.69 Å². The van der Waals surface area contributed by atoms with Crippen LogP contribution in [0.4, 0.5) is 0 Å². The lowest BCUT2D eigenvalue weighted by Crippen LogP contribution is -2.06. The van der Waals surface area contributed by atoms with E-state index in [2.05, 4.69) is 22.6 Å². The summed E-state index contributed by atoms with van der Waals surface area (Å²) < 4.78 is 2.29. The highest BCUT2D eigenvalue weighted by atomic mass is 127. The summed E-state index contributed by atoms with van der Waals surface area (Å²) in [5.74, 6) is -1.26. The predicted octanol–water partition coefficient (Wildman–Crippen LogP) is 3.64. The smallest absolute Gasteiger partial charge is 0.352 e. The van der Waals surface area contributed by atoms with E-state index in [1.165, 1.54) is 23.8 Å². The Morgan fingerprint density at radius 2 is 2.00 bits per heavy atom. The number of carboxylic acid groups (broad SMARTS) is 1. The van der Waals surface area contributed by atoms with Crippen LogP contribution < -0.4 is 0 Å². The predicted molar refractivity (Wildman–Crippen MR) is 80.5 cm³/mol. The lowest BCUT2D eigenvalue weighted by molar-refractivity contribution is 0.0688. The Labute approximate surface area is 128 Å². The molecule has 19 heavy (non-hydrogen) atoms. The Morgan fingerprint density at radius 1 is 1.32 bits per heavy atom. The molecule has 0 bridgehead atoms. The largest absolute Gasteiger partial charge is 0.477 e. The van der Waals surface area contributed by atoms with E-state index in [9.17, 15) is 14.7 Å². The number of hydrogen-bond acceptors (Lipinski definition) is 2. The van der Waals surface area contributed by atoms with Gasteiger partial charge in [0.25, 0.3) is 0 Å². The van der Waals surface area contributed by atoms with Gasteiger partial charge >= 0.3 is 5.97 Å². The number of nitrogens with zero attached hydrogens (tertiary/aromatic N) is 1. The van der Waals surface area contributed by atoms with Gasteiger partial charge in [0.2, 0.25) is 0 Å². The Kier molecular flexibility index (Phi) is 3.96. The maximum absolute atomic E-state index is 11.4. The number of halogens is 2. The summed E-state index contributed by atoms with van der Waals surface area (Å²) in [6.45, 7) is 1.40. The van der Waals surface area contributed by atoms with Crippen LogP contribution in [0.3, 0.4) is 0 Å². The zero-order valence-electron chi connectivity index (χ0n) is 9.85. The van der Waals surface area contributed by atoms with Gasteiger partial charge in [-0.05, 0) is 53.8 Å². The molecule has 6 heteroatoms. The zero-order valence-corrected chi connectivity index (χ0v) is 12.8. The number of carbonyl (C=O) groups excluding carboxylic acids is 1. The monoisotopic (exact) mass is 389 g/mol. The molecule has 2 aromatic rings. The number of hydrogen-bond donors (Lipinski definition) is 1. The van der Waals surface area contributed by atoms with Crippen molar-refractivity contribution in [3.63, 3.8) is 0 Å². The first-order chi connectivity index (χ1) is 8.90. The normalized spacial score (nSPS) is 10.5. The van der Waals surface area contributed by atoms with Crippen LogP contribution >= 0.6 is 34.2 Å². The molecule has 2 rings (SSSR count). The van der Waals surface area contributed by atoms with Gasteiger partial charge in [-0.3, -0.25) is 4.79 Å². The van der Waals surface area contributed by atoms with Gasteiger partial charge in [-0.25, -0.2) is 4.79 Å². The number of ketones is 1. The summed E-state index contributed by atoms with van der Waals surface area (Å²) in [5.41, 5.74) is 1.09. The number of aromatic nitrogens is 1. The molecule has 1 aromatic heterocycles. The Bertz CT molecular complexity index is 679. The highest BCUT2D eigenvalue weighted by Gasteiger charge is 2.17. The molecule has 0 aliphatic carbocycles. The molecule has 0 saturated heterocycles. The highest BCUT2D eigenvalue weighted by Crippen LogP contribution is 2.24. The summed E-state index contributed by atoms with van der Waals surface area (Å²) in [6, 6.07) is 6.50. The highest BCUT2D eigenvalue weighted by molar-refractivity contribution is 14.1. The van der Waals surface area contributed by atoms with E-state index in [1.807, 2.05) is 0 Å². The lowest BCUT2D eigenvalue weighted by atomic mass is 10.2. The first kappa shape index (κ1) is 14.1. The van der Waals surface area contributed by atoms with E-state index in [1.54, 1.807) is 18.2 Å². The van der Waals surface area contributed by atoms with Gasteiger partial charge in [-0.1, -0.05) is 11.6 Å². The van der Waals surface area contributed by atoms with Crippen LogP contribution in [0.5, 0.6) is 0 Å². The standard InChI is InChI=1S/C13H9ClINO3/c1-7(17)8-4-12(13(18)19)16(6-8)11-3-2-9(14)5-10(11)15/h2-6H,1H3,(H,18,19). The minimum atomic E-state index is -1.08. The molecule has 0 saturated carbocycles. The Balaban J connectivity index is 2.66. The van der Waals surface area contributed by atoms with Gasteiger partial charge < -0.3 is 9.67 Å². The average Bonchev–Trinajstić information content (AvgIpc) is 2.73. The molecular weight excluding hydrogens is 381 g/mol. The first-order valence-electron chi connectivity index (χ1n) is 5.32. The number of carboxylic acids is 1. The van der Waals surface area contributed by atoms with Gasteiger partial charge in [-0.2, -0.15) is 0 Å². The number of Topliss-reactive ketones (excluding diaryl/α,β-unsaturated/α-hetero) is 1. The molecule has 4 nitrogen and oxygen atoms in total. The molecule has 0 aliphatic heterocycles. The van der Waals surface area contributed by atoms with Crippen molar-refractivity contribution in [2.45, 2.75) is 6.92 Å². The number of carbonyl (C=O) groups is 2. The molecule has 0 unspecified atom stereocenters. The third-order valence-electron chi connectivity index (χ3n) is 2.61. The molecule has 1 aromatic carbocycles. The van der Waals surface area contributed by atoms with Crippen LogP contribution in [0.25, 0.3) is 5.69 Å². The minimum absolute atomic E-state index is 0.0467. The van der Waals surface area contributed by atoms with Gasteiger partial charge in [0, 0.05) is 20.4 Å². The number of rotatable bonds is 3. The van der Waals surface area contributed by atoms with Crippen LogP contribution in [0.2, 0.25) is 5.02 Å². The zero-order chi connectivity index (χ0) is 14.2. The first-order valence-corrected chi connectivity index (χ1v) is 6.78.